The molecule has 0 aromatic carbocycles. The smallest absolute Gasteiger partial charge is 0.112 e. The summed E-state index contributed by atoms with van der Waals surface area (Å²) in [6.07, 6.45) is 0.385. The average molecular weight is 152 g/mol. The van der Waals surface area contributed by atoms with Crippen molar-refractivity contribution in [3.05, 3.63) is 0 Å². The van der Waals surface area contributed by atoms with Gasteiger partial charge in [0.2, 0.25) is 0 Å². The lowest BCUT2D eigenvalue weighted by atomic mass is 10.3. The fourth-order valence-electron chi connectivity index (χ4n) is 0.450. The van der Waals surface area contributed by atoms with E-state index in [1.807, 2.05) is 0 Å². The fraction of sp³-hybridized carbons (Fsp3) is 0.556. The Labute approximate surface area is 67.2 Å². The second-order valence-corrected chi connectivity index (χ2v) is 2.00. The Morgan fingerprint density at radius 3 is 2.55 bits per heavy atom. The number of aliphatic hydroxyl groups is 2. The monoisotopic (exact) mass is 152 g/mol. The van der Waals surface area contributed by atoms with Crippen molar-refractivity contribution >= 4 is 0 Å². The minimum Gasteiger partial charge on any atom is -0.395 e. The van der Waals surface area contributed by atoms with E-state index in [1.54, 1.807) is 6.92 Å². The molecular formula is C9H12O2. The Morgan fingerprint density at radius 2 is 2.00 bits per heavy atom. The summed E-state index contributed by atoms with van der Waals surface area (Å²) < 4.78 is 0. The minimum atomic E-state index is -0.574. The minimum absolute atomic E-state index is 0.0941. The van der Waals surface area contributed by atoms with E-state index < -0.39 is 6.10 Å². The van der Waals surface area contributed by atoms with E-state index in [2.05, 4.69) is 23.7 Å². The molecule has 0 spiro atoms. The molecule has 0 radical (unpaired) electrons. The number of aliphatic hydroxyl groups excluding tert-OH is 2. The van der Waals surface area contributed by atoms with Crippen molar-refractivity contribution in [3.63, 3.8) is 0 Å². The first-order chi connectivity index (χ1) is 5.27. The molecule has 0 saturated heterocycles. The topological polar surface area (TPSA) is 40.5 Å². The summed E-state index contributed by atoms with van der Waals surface area (Å²) in [6.45, 7) is 1.70. The highest BCUT2D eigenvalue weighted by molar-refractivity contribution is 5.12. The number of hydrogen-bond acceptors (Lipinski definition) is 2. The molecule has 1 unspecified atom stereocenters. The highest BCUT2D eigenvalue weighted by atomic mass is 16.3. The van der Waals surface area contributed by atoms with Crippen molar-refractivity contribution < 1.29 is 10.2 Å². The van der Waals surface area contributed by atoms with Gasteiger partial charge in [0.1, 0.15) is 6.10 Å². The van der Waals surface area contributed by atoms with Crippen LogP contribution >= 0.6 is 0 Å². The second kappa shape index (κ2) is 7.15. The van der Waals surface area contributed by atoms with Gasteiger partial charge >= 0.3 is 0 Å². The van der Waals surface area contributed by atoms with E-state index in [4.69, 9.17) is 10.2 Å². The molecular weight excluding hydrogens is 140 g/mol. The van der Waals surface area contributed by atoms with Crippen LogP contribution in [0.4, 0.5) is 0 Å². The molecule has 11 heavy (non-hydrogen) atoms. The van der Waals surface area contributed by atoms with E-state index in [1.165, 1.54) is 0 Å². The quantitative estimate of drug-likeness (QED) is 0.525. The van der Waals surface area contributed by atoms with Gasteiger partial charge in [-0.25, -0.2) is 0 Å². The van der Waals surface area contributed by atoms with Gasteiger partial charge in [0.25, 0.3) is 0 Å². The summed E-state index contributed by atoms with van der Waals surface area (Å²) in [7, 11) is 0. The van der Waals surface area contributed by atoms with Gasteiger partial charge in [0.15, 0.2) is 0 Å². The van der Waals surface area contributed by atoms with Crippen molar-refractivity contribution in [2.45, 2.75) is 25.9 Å². The lowest BCUT2D eigenvalue weighted by Crippen LogP contribution is -1.91. The Kier molecular flexibility index (Phi) is 6.53. The fourth-order valence-corrected chi connectivity index (χ4v) is 0.450. The maximum Gasteiger partial charge on any atom is 0.112 e. The number of rotatable bonds is 1. The standard InChI is InChI=1S/C9H12O2/c1-9(11)7-5-3-2-4-6-8-10/h9-11H,3,6,8H2,1H3. The average Bonchev–Trinajstić information content (AvgIpc) is 1.96. The zero-order chi connectivity index (χ0) is 8.53. The molecule has 0 aliphatic heterocycles. The van der Waals surface area contributed by atoms with Gasteiger partial charge in [-0.3, -0.25) is 0 Å². The normalized spacial score (nSPS) is 10.5. The third kappa shape index (κ3) is 9.04. The highest BCUT2D eigenvalue weighted by Gasteiger charge is 1.79. The van der Waals surface area contributed by atoms with Crippen LogP contribution < -0.4 is 0 Å². The molecule has 0 rings (SSSR count). The Hall–Kier alpha value is -0.960. The first-order valence-electron chi connectivity index (χ1n) is 3.50. The molecule has 0 bridgehead atoms. The highest BCUT2D eigenvalue weighted by Crippen LogP contribution is 1.77. The third-order valence-corrected chi connectivity index (χ3v) is 0.850. The van der Waals surface area contributed by atoms with E-state index in [-0.39, 0.29) is 6.61 Å². The second-order valence-electron chi connectivity index (χ2n) is 2.00. The van der Waals surface area contributed by atoms with E-state index in [9.17, 15) is 0 Å². The molecule has 1 atom stereocenters. The van der Waals surface area contributed by atoms with E-state index in [0.29, 0.717) is 12.8 Å². The summed E-state index contributed by atoms with van der Waals surface area (Å²) in [5, 5.41) is 17.0. The van der Waals surface area contributed by atoms with E-state index in [0.717, 1.165) is 0 Å². The van der Waals surface area contributed by atoms with Crippen molar-refractivity contribution in [1.29, 1.82) is 0 Å². The molecule has 0 aliphatic rings. The van der Waals surface area contributed by atoms with Gasteiger partial charge in [-0.15, -0.1) is 0 Å². The molecule has 2 nitrogen and oxygen atoms in total. The van der Waals surface area contributed by atoms with Crippen molar-refractivity contribution in [2.75, 3.05) is 6.61 Å². The van der Waals surface area contributed by atoms with Crippen LogP contribution in [-0.4, -0.2) is 22.9 Å². The Balaban J connectivity index is 3.44. The van der Waals surface area contributed by atoms with E-state index >= 15 is 0 Å². The molecule has 60 valence electrons. The molecule has 2 heteroatoms. The van der Waals surface area contributed by atoms with Crippen molar-refractivity contribution in [3.8, 4) is 23.7 Å². The van der Waals surface area contributed by atoms with Crippen LogP contribution in [0.3, 0.4) is 0 Å². The summed E-state index contributed by atoms with van der Waals surface area (Å²) >= 11 is 0. The van der Waals surface area contributed by atoms with Gasteiger partial charge in [0.05, 0.1) is 13.0 Å². The predicted molar refractivity (Wildman–Crippen MR) is 43.6 cm³/mol. The van der Waals surface area contributed by atoms with Crippen molar-refractivity contribution in [1.82, 2.24) is 0 Å². The summed E-state index contributed by atoms with van der Waals surface area (Å²) in [5.41, 5.74) is 0. The van der Waals surface area contributed by atoms with Crippen LogP contribution in [0.5, 0.6) is 0 Å². The molecule has 0 heterocycles. The first-order valence-corrected chi connectivity index (χ1v) is 3.50. The summed E-state index contributed by atoms with van der Waals surface area (Å²) in [4.78, 5) is 0. The van der Waals surface area contributed by atoms with Gasteiger partial charge < -0.3 is 10.2 Å². The maximum atomic E-state index is 8.69. The lowest BCUT2D eigenvalue weighted by Gasteiger charge is -1.84. The predicted octanol–water partition coefficient (Wildman–Crippen LogP) is 0.146. The summed E-state index contributed by atoms with van der Waals surface area (Å²) in [5.74, 6) is 10.7. The SMILES string of the molecule is CC(O)C#CCC#CCCO. The summed E-state index contributed by atoms with van der Waals surface area (Å²) in [6, 6.07) is 0. The molecule has 2 N–H and O–H groups in total. The lowest BCUT2D eigenvalue weighted by molar-refractivity contribution is 0.253. The molecule has 0 aromatic heterocycles. The molecule has 0 fully saturated rings. The van der Waals surface area contributed by atoms with Gasteiger partial charge in [0, 0.05) is 6.42 Å². The van der Waals surface area contributed by atoms with Crippen molar-refractivity contribution in [2.24, 2.45) is 0 Å². The third-order valence-electron chi connectivity index (χ3n) is 0.850. The van der Waals surface area contributed by atoms with Gasteiger partial charge in [-0.2, -0.15) is 0 Å². The first kappa shape index (κ1) is 10.0. The van der Waals surface area contributed by atoms with Crippen LogP contribution in [0.1, 0.15) is 19.8 Å². The molecule has 0 amide bonds. The van der Waals surface area contributed by atoms with Crippen LogP contribution in [0, 0.1) is 23.7 Å². The zero-order valence-corrected chi connectivity index (χ0v) is 6.59. The van der Waals surface area contributed by atoms with Crippen LogP contribution in [0.2, 0.25) is 0 Å². The Morgan fingerprint density at radius 1 is 1.27 bits per heavy atom. The van der Waals surface area contributed by atoms with Crippen LogP contribution in [0.15, 0.2) is 0 Å². The maximum absolute atomic E-state index is 8.69. The molecule has 0 aliphatic carbocycles. The Bertz CT molecular complexity index is 197. The molecule has 0 saturated carbocycles. The zero-order valence-electron chi connectivity index (χ0n) is 6.59. The van der Waals surface area contributed by atoms with Gasteiger partial charge in [-0.1, -0.05) is 23.7 Å². The molecule has 0 aromatic rings. The largest absolute Gasteiger partial charge is 0.395 e. The van der Waals surface area contributed by atoms with Gasteiger partial charge in [-0.05, 0) is 6.92 Å². The van der Waals surface area contributed by atoms with Crippen LogP contribution in [-0.2, 0) is 0 Å². The van der Waals surface area contributed by atoms with Crippen LogP contribution in [0.25, 0.3) is 0 Å². The number of hydrogen-bond donors (Lipinski definition) is 2.